The summed E-state index contributed by atoms with van der Waals surface area (Å²) in [6.07, 6.45) is 1.65. The molecule has 0 aliphatic carbocycles. The molecule has 2 heterocycles. The minimum Gasteiger partial charge on any atom is -0.353 e. The molecule has 0 N–H and O–H groups in total. The van der Waals surface area contributed by atoms with Crippen LogP contribution in [0.3, 0.4) is 0 Å². The van der Waals surface area contributed by atoms with Crippen LogP contribution in [0.2, 0.25) is 5.02 Å². The Morgan fingerprint density at radius 3 is 2.15 bits per heavy atom. The summed E-state index contributed by atoms with van der Waals surface area (Å²) in [6.45, 7) is 11.3. The van der Waals surface area contributed by atoms with Crippen molar-refractivity contribution >= 4 is 23.3 Å². The lowest BCUT2D eigenvalue weighted by atomic mass is 10.3. The zero-order chi connectivity index (χ0) is 15.1. The number of halogens is 1. The number of hydrogen-bond donors (Lipinski definition) is 0. The standard InChI is InChI=1S/C11H14ClN3O.C4H10/c1-9(16)14-4-6-15(7-5-14)11-3-2-10(12)8-13-11;1-4(2)3/h2-3,8H,4-7H2,1H3;4H,1-3H3. The van der Waals surface area contributed by atoms with Crippen LogP contribution in [0, 0.1) is 5.92 Å². The lowest BCUT2D eigenvalue weighted by Crippen LogP contribution is -2.48. The van der Waals surface area contributed by atoms with Crippen LogP contribution in [0.5, 0.6) is 0 Å². The van der Waals surface area contributed by atoms with Gasteiger partial charge in [-0.3, -0.25) is 4.79 Å². The Balaban J connectivity index is 0.000000444. The summed E-state index contributed by atoms with van der Waals surface area (Å²) in [5.74, 6) is 1.90. The maximum atomic E-state index is 11.2. The van der Waals surface area contributed by atoms with E-state index in [0.717, 1.165) is 37.9 Å². The number of hydrogen-bond acceptors (Lipinski definition) is 3. The van der Waals surface area contributed by atoms with E-state index in [4.69, 9.17) is 11.6 Å². The highest BCUT2D eigenvalue weighted by molar-refractivity contribution is 6.30. The van der Waals surface area contributed by atoms with Crippen LogP contribution in [0.1, 0.15) is 27.7 Å². The highest BCUT2D eigenvalue weighted by Crippen LogP contribution is 2.15. The average Bonchev–Trinajstić information content (AvgIpc) is 2.39. The highest BCUT2D eigenvalue weighted by atomic mass is 35.5. The van der Waals surface area contributed by atoms with Crippen LogP contribution in [0.4, 0.5) is 5.82 Å². The van der Waals surface area contributed by atoms with Gasteiger partial charge in [0, 0.05) is 39.3 Å². The first-order valence-corrected chi connectivity index (χ1v) is 7.40. The molecule has 1 saturated heterocycles. The second-order valence-corrected chi connectivity index (χ2v) is 6.00. The molecule has 1 amide bonds. The van der Waals surface area contributed by atoms with Gasteiger partial charge in [0.25, 0.3) is 0 Å². The van der Waals surface area contributed by atoms with Gasteiger partial charge >= 0.3 is 0 Å². The Labute approximate surface area is 126 Å². The first kappa shape index (κ1) is 16.8. The second kappa shape index (κ2) is 8.10. The number of carbonyl (C=O) groups is 1. The molecule has 1 aliphatic heterocycles. The topological polar surface area (TPSA) is 36.4 Å². The summed E-state index contributed by atoms with van der Waals surface area (Å²) in [4.78, 5) is 19.4. The van der Waals surface area contributed by atoms with Crippen molar-refractivity contribution < 1.29 is 4.79 Å². The molecule has 0 atom stereocenters. The van der Waals surface area contributed by atoms with Crippen molar-refractivity contribution in [3.05, 3.63) is 23.4 Å². The van der Waals surface area contributed by atoms with Crippen molar-refractivity contribution in [1.29, 1.82) is 0 Å². The van der Waals surface area contributed by atoms with Crippen molar-refractivity contribution in [2.75, 3.05) is 31.1 Å². The van der Waals surface area contributed by atoms with E-state index in [-0.39, 0.29) is 5.91 Å². The fourth-order valence-corrected chi connectivity index (χ4v) is 1.92. The maximum absolute atomic E-state index is 11.2. The average molecular weight is 298 g/mol. The van der Waals surface area contributed by atoms with Crippen LogP contribution >= 0.6 is 11.6 Å². The van der Waals surface area contributed by atoms with Crippen LogP contribution in [-0.4, -0.2) is 42.0 Å². The molecular weight excluding hydrogens is 274 g/mol. The lowest BCUT2D eigenvalue weighted by molar-refractivity contribution is -0.129. The van der Waals surface area contributed by atoms with Crippen molar-refractivity contribution in [3.63, 3.8) is 0 Å². The second-order valence-electron chi connectivity index (χ2n) is 5.56. The molecule has 5 heteroatoms. The first-order chi connectivity index (χ1) is 9.40. The number of anilines is 1. The molecule has 0 saturated carbocycles. The van der Waals surface area contributed by atoms with Crippen LogP contribution in [-0.2, 0) is 4.79 Å². The SMILES string of the molecule is CC(=O)N1CCN(c2ccc(Cl)cn2)CC1.CC(C)C. The van der Waals surface area contributed by atoms with Crippen LogP contribution in [0.15, 0.2) is 18.3 Å². The van der Waals surface area contributed by atoms with Crippen molar-refractivity contribution in [1.82, 2.24) is 9.88 Å². The van der Waals surface area contributed by atoms with Gasteiger partial charge in [-0.05, 0) is 18.1 Å². The number of piperazine rings is 1. The number of rotatable bonds is 1. The van der Waals surface area contributed by atoms with Gasteiger partial charge in [0.1, 0.15) is 5.82 Å². The molecule has 112 valence electrons. The van der Waals surface area contributed by atoms with Crippen molar-refractivity contribution in [2.45, 2.75) is 27.7 Å². The number of nitrogens with zero attached hydrogens (tertiary/aromatic N) is 3. The molecule has 2 rings (SSSR count). The molecular formula is C15H24ClN3O. The number of pyridine rings is 1. The maximum Gasteiger partial charge on any atom is 0.219 e. The molecule has 0 bridgehead atoms. The molecule has 1 aromatic rings. The molecule has 4 nitrogen and oxygen atoms in total. The van der Waals surface area contributed by atoms with Crippen molar-refractivity contribution in [3.8, 4) is 0 Å². The van der Waals surface area contributed by atoms with Gasteiger partial charge < -0.3 is 9.80 Å². The molecule has 1 aliphatic rings. The first-order valence-electron chi connectivity index (χ1n) is 7.02. The third kappa shape index (κ3) is 5.78. The van der Waals surface area contributed by atoms with Gasteiger partial charge in [0.05, 0.1) is 5.02 Å². The van der Waals surface area contributed by atoms with E-state index in [1.165, 1.54) is 0 Å². The minimum absolute atomic E-state index is 0.142. The van der Waals surface area contributed by atoms with E-state index in [9.17, 15) is 4.79 Å². The van der Waals surface area contributed by atoms with E-state index in [1.807, 2.05) is 17.0 Å². The predicted octanol–water partition coefficient (Wildman–Crippen LogP) is 3.07. The molecule has 0 radical (unpaired) electrons. The zero-order valence-electron chi connectivity index (χ0n) is 12.8. The molecule has 0 aromatic carbocycles. The minimum atomic E-state index is 0.142. The molecule has 0 unspecified atom stereocenters. The van der Waals surface area contributed by atoms with Gasteiger partial charge in [-0.1, -0.05) is 32.4 Å². The lowest BCUT2D eigenvalue weighted by Gasteiger charge is -2.34. The van der Waals surface area contributed by atoms with E-state index in [0.29, 0.717) is 5.02 Å². The van der Waals surface area contributed by atoms with Gasteiger partial charge in [-0.25, -0.2) is 4.98 Å². The van der Waals surface area contributed by atoms with Gasteiger partial charge in [0.2, 0.25) is 5.91 Å². The predicted molar refractivity (Wildman–Crippen MR) is 84.2 cm³/mol. The zero-order valence-corrected chi connectivity index (χ0v) is 13.5. The largest absolute Gasteiger partial charge is 0.353 e. The summed E-state index contributed by atoms with van der Waals surface area (Å²) in [7, 11) is 0. The highest BCUT2D eigenvalue weighted by Gasteiger charge is 2.19. The quantitative estimate of drug-likeness (QED) is 0.799. The Kier molecular flexibility index (Phi) is 6.79. The molecule has 0 spiro atoms. The summed E-state index contributed by atoms with van der Waals surface area (Å²) >= 11 is 5.78. The summed E-state index contributed by atoms with van der Waals surface area (Å²) in [5.41, 5.74) is 0. The van der Waals surface area contributed by atoms with E-state index in [2.05, 4.69) is 30.7 Å². The monoisotopic (exact) mass is 297 g/mol. The summed E-state index contributed by atoms with van der Waals surface area (Å²) < 4.78 is 0. The fraction of sp³-hybridized carbons (Fsp3) is 0.600. The number of aromatic nitrogens is 1. The number of amides is 1. The summed E-state index contributed by atoms with van der Waals surface area (Å²) in [5, 5.41) is 0.645. The Bertz CT molecular complexity index is 409. The summed E-state index contributed by atoms with van der Waals surface area (Å²) in [6, 6.07) is 3.74. The third-order valence-corrected chi connectivity index (χ3v) is 2.98. The van der Waals surface area contributed by atoms with E-state index >= 15 is 0 Å². The van der Waals surface area contributed by atoms with Crippen LogP contribution in [0.25, 0.3) is 0 Å². The molecule has 1 fully saturated rings. The fourth-order valence-electron chi connectivity index (χ4n) is 1.81. The third-order valence-electron chi connectivity index (χ3n) is 2.76. The molecule has 1 aromatic heterocycles. The van der Waals surface area contributed by atoms with Gasteiger partial charge in [-0.2, -0.15) is 0 Å². The normalized spacial score (nSPS) is 14.9. The molecule has 20 heavy (non-hydrogen) atoms. The smallest absolute Gasteiger partial charge is 0.219 e. The van der Waals surface area contributed by atoms with Gasteiger partial charge in [0.15, 0.2) is 0 Å². The number of carbonyl (C=O) groups excluding carboxylic acids is 1. The van der Waals surface area contributed by atoms with Gasteiger partial charge in [-0.15, -0.1) is 0 Å². The van der Waals surface area contributed by atoms with E-state index < -0.39 is 0 Å². The Morgan fingerprint density at radius 1 is 1.20 bits per heavy atom. The van der Waals surface area contributed by atoms with Crippen LogP contribution < -0.4 is 4.90 Å². The van der Waals surface area contributed by atoms with Crippen molar-refractivity contribution in [2.24, 2.45) is 5.92 Å². The Morgan fingerprint density at radius 2 is 1.75 bits per heavy atom. The van der Waals surface area contributed by atoms with E-state index in [1.54, 1.807) is 13.1 Å². The Hall–Kier alpha value is -1.29.